The first-order valence-electron chi connectivity index (χ1n) is 4.92. The lowest BCUT2D eigenvalue weighted by atomic mass is 10.4. The highest BCUT2D eigenvalue weighted by molar-refractivity contribution is 5.47. The third-order valence-electron chi connectivity index (χ3n) is 2.06. The lowest BCUT2D eigenvalue weighted by Gasteiger charge is -2.15. The van der Waals surface area contributed by atoms with Crippen molar-refractivity contribution >= 4 is 11.6 Å². The Bertz CT molecular complexity index is 344. The number of nitriles is 1. The molecule has 80 valence electrons. The Morgan fingerprint density at radius 3 is 3.00 bits per heavy atom. The predicted molar refractivity (Wildman–Crippen MR) is 59.7 cm³/mol. The predicted octanol–water partition coefficient (Wildman–Crippen LogP) is 1.26. The number of nitrogens with one attached hydrogen (secondary N) is 1. The SMILES string of the molecule is CCN(C)c1cc(NCCC#N)ncn1. The maximum Gasteiger partial charge on any atom is 0.133 e. The van der Waals surface area contributed by atoms with Crippen LogP contribution in [0.1, 0.15) is 13.3 Å². The Balaban J connectivity index is 2.62. The molecule has 0 saturated heterocycles. The summed E-state index contributed by atoms with van der Waals surface area (Å²) in [5.74, 6) is 1.64. The second kappa shape index (κ2) is 5.81. The van der Waals surface area contributed by atoms with Gasteiger partial charge in [-0.25, -0.2) is 9.97 Å². The van der Waals surface area contributed by atoms with E-state index in [0.717, 1.165) is 18.2 Å². The van der Waals surface area contributed by atoms with Gasteiger partial charge >= 0.3 is 0 Å². The zero-order valence-corrected chi connectivity index (χ0v) is 9.06. The molecule has 1 N–H and O–H groups in total. The van der Waals surface area contributed by atoms with Gasteiger partial charge < -0.3 is 10.2 Å². The third kappa shape index (κ3) is 3.43. The summed E-state index contributed by atoms with van der Waals surface area (Å²) in [4.78, 5) is 10.2. The molecule has 0 spiro atoms. The van der Waals surface area contributed by atoms with Crippen molar-refractivity contribution in [2.45, 2.75) is 13.3 Å². The van der Waals surface area contributed by atoms with Gasteiger partial charge in [-0.15, -0.1) is 0 Å². The molecule has 15 heavy (non-hydrogen) atoms. The van der Waals surface area contributed by atoms with Crippen LogP contribution in [0.4, 0.5) is 11.6 Å². The number of hydrogen-bond donors (Lipinski definition) is 1. The van der Waals surface area contributed by atoms with Crippen molar-refractivity contribution < 1.29 is 0 Å². The van der Waals surface area contributed by atoms with E-state index in [0.29, 0.717) is 13.0 Å². The highest BCUT2D eigenvalue weighted by Crippen LogP contribution is 2.11. The third-order valence-corrected chi connectivity index (χ3v) is 2.06. The monoisotopic (exact) mass is 205 g/mol. The molecule has 5 heteroatoms. The smallest absolute Gasteiger partial charge is 0.133 e. The van der Waals surface area contributed by atoms with E-state index in [2.05, 4.69) is 28.3 Å². The molecular weight excluding hydrogens is 190 g/mol. The topological polar surface area (TPSA) is 64.8 Å². The van der Waals surface area contributed by atoms with Crippen LogP contribution in [0.2, 0.25) is 0 Å². The highest BCUT2D eigenvalue weighted by atomic mass is 15.2. The fraction of sp³-hybridized carbons (Fsp3) is 0.500. The molecule has 0 aliphatic carbocycles. The van der Waals surface area contributed by atoms with Gasteiger partial charge in [0.2, 0.25) is 0 Å². The molecule has 0 unspecified atom stereocenters. The summed E-state index contributed by atoms with van der Waals surface area (Å²) in [7, 11) is 1.97. The van der Waals surface area contributed by atoms with Crippen LogP contribution in [0, 0.1) is 11.3 Å². The average molecular weight is 205 g/mol. The van der Waals surface area contributed by atoms with Gasteiger partial charge in [0.15, 0.2) is 0 Å². The first kappa shape index (κ1) is 11.2. The van der Waals surface area contributed by atoms with Crippen LogP contribution in [0.3, 0.4) is 0 Å². The molecule has 0 amide bonds. The zero-order chi connectivity index (χ0) is 11.1. The van der Waals surface area contributed by atoms with Crippen molar-refractivity contribution in [3.63, 3.8) is 0 Å². The van der Waals surface area contributed by atoms with Gasteiger partial charge in [0.05, 0.1) is 12.5 Å². The van der Waals surface area contributed by atoms with Gasteiger partial charge in [-0.3, -0.25) is 0 Å². The van der Waals surface area contributed by atoms with Crippen LogP contribution < -0.4 is 10.2 Å². The Labute approximate surface area is 89.8 Å². The Morgan fingerprint density at radius 1 is 1.53 bits per heavy atom. The summed E-state index contributed by atoms with van der Waals surface area (Å²) >= 11 is 0. The zero-order valence-electron chi connectivity index (χ0n) is 9.06. The molecule has 1 rings (SSSR count). The molecule has 1 heterocycles. The molecule has 0 saturated carbocycles. The summed E-state index contributed by atoms with van der Waals surface area (Å²) < 4.78 is 0. The van der Waals surface area contributed by atoms with E-state index >= 15 is 0 Å². The van der Waals surface area contributed by atoms with Gasteiger partial charge in [0.1, 0.15) is 18.0 Å². The maximum absolute atomic E-state index is 8.39. The van der Waals surface area contributed by atoms with Crippen LogP contribution >= 0.6 is 0 Å². The molecule has 0 atom stereocenters. The van der Waals surface area contributed by atoms with Crippen LogP contribution in [0.25, 0.3) is 0 Å². The Hall–Kier alpha value is -1.83. The molecule has 0 aliphatic rings. The van der Waals surface area contributed by atoms with E-state index in [-0.39, 0.29) is 0 Å². The van der Waals surface area contributed by atoms with Crippen LogP contribution in [0.15, 0.2) is 12.4 Å². The minimum atomic E-state index is 0.475. The minimum absolute atomic E-state index is 0.475. The van der Waals surface area contributed by atoms with E-state index in [4.69, 9.17) is 5.26 Å². The Kier molecular flexibility index (Phi) is 4.35. The van der Waals surface area contributed by atoms with E-state index in [9.17, 15) is 0 Å². The number of hydrogen-bond acceptors (Lipinski definition) is 5. The molecule has 5 nitrogen and oxygen atoms in total. The summed E-state index contributed by atoms with van der Waals surface area (Å²) in [5, 5.41) is 11.5. The molecular formula is C10H15N5. The number of rotatable bonds is 5. The van der Waals surface area contributed by atoms with E-state index in [1.54, 1.807) is 0 Å². The number of anilines is 2. The summed E-state index contributed by atoms with van der Waals surface area (Å²) in [6, 6.07) is 3.95. The molecule has 0 bridgehead atoms. The van der Waals surface area contributed by atoms with Crippen LogP contribution in [-0.2, 0) is 0 Å². The minimum Gasteiger partial charge on any atom is -0.369 e. The lowest BCUT2D eigenvalue weighted by molar-refractivity contribution is 0.926. The summed E-state index contributed by atoms with van der Waals surface area (Å²) in [5.41, 5.74) is 0. The van der Waals surface area contributed by atoms with Crippen molar-refractivity contribution in [2.75, 3.05) is 30.4 Å². The standard InChI is InChI=1S/C10H15N5/c1-3-15(2)10-7-9(13-8-14-10)12-6-4-5-11/h7-8H,3-4,6H2,1-2H3,(H,12,13,14). The van der Waals surface area contributed by atoms with E-state index in [1.807, 2.05) is 18.0 Å². The number of aromatic nitrogens is 2. The van der Waals surface area contributed by atoms with Gasteiger partial charge in [0, 0.05) is 26.2 Å². The average Bonchev–Trinajstić information content (AvgIpc) is 2.29. The normalized spacial score (nSPS) is 9.40. The van der Waals surface area contributed by atoms with Crippen molar-refractivity contribution in [1.29, 1.82) is 5.26 Å². The van der Waals surface area contributed by atoms with Gasteiger partial charge in [-0.1, -0.05) is 0 Å². The fourth-order valence-corrected chi connectivity index (χ4v) is 1.06. The fourth-order valence-electron chi connectivity index (χ4n) is 1.06. The second-order valence-electron chi connectivity index (χ2n) is 3.11. The van der Waals surface area contributed by atoms with Crippen molar-refractivity contribution in [3.05, 3.63) is 12.4 Å². The van der Waals surface area contributed by atoms with Crippen molar-refractivity contribution in [2.24, 2.45) is 0 Å². The molecule has 0 radical (unpaired) electrons. The molecule has 0 fully saturated rings. The molecule has 1 aromatic rings. The molecule has 0 aliphatic heterocycles. The van der Waals surface area contributed by atoms with Gasteiger partial charge in [-0.05, 0) is 6.92 Å². The van der Waals surface area contributed by atoms with Crippen molar-refractivity contribution in [1.82, 2.24) is 9.97 Å². The largest absolute Gasteiger partial charge is 0.369 e. The maximum atomic E-state index is 8.39. The first-order chi connectivity index (χ1) is 7.27. The summed E-state index contributed by atoms with van der Waals surface area (Å²) in [6.07, 6.45) is 2.00. The van der Waals surface area contributed by atoms with Gasteiger partial charge in [-0.2, -0.15) is 5.26 Å². The molecule has 0 aromatic carbocycles. The number of nitrogens with zero attached hydrogens (tertiary/aromatic N) is 4. The van der Waals surface area contributed by atoms with Crippen LogP contribution in [0.5, 0.6) is 0 Å². The second-order valence-corrected chi connectivity index (χ2v) is 3.11. The Morgan fingerprint density at radius 2 is 2.33 bits per heavy atom. The lowest BCUT2D eigenvalue weighted by Crippen LogP contribution is -2.17. The summed E-state index contributed by atoms with van der Waals surface area (Å²) in [6.45, 7) is 3.57. The quantitative estimate of drug-likeness (QED) is 0.733. The van der Waals surface area contributed by atoms with E-state index < -0.39 is 0 Å². The van der Waals surface area contributed by atoms with Crippen molar-refractivity contribution in [3.8, 4) is 6.07 Å². The molecule has 1 aromatic heterocycles. The highest BCUT2D eigenvalue weighted by Gasteiger charge is 2.01. The van der Waals surface area contributed by atoms with E-state index in [1.165, 1.54) is 6.33 Å². The van der Waals surface area contributed by atoms with Gasteiger partial charge in [0.25, 0.3) is 0 Å². The first-order valence-corrected chi connectivity index (χ1v) is 4.92. The van der Waals surface area contributed by atoms with Crippen LogP contribution in [-0.4, -0.2) is 30.1 Å².